The fraction of sp³-hybridized carbons (Fsp3) is 1.00. The third-order valence-corrected chi connectivity index (χ3v) is 6.27. The molecule has 0 unspecified atom stereocenters. The lowest BCUT2D eigenvalue weighted by atomic mass is 10.00. The van der Waals surface area contributed by atoms with Gasteiger partial charge in [-0.15, -0.1) is 0 Å². The number of rotatable bonds is 2. The quantitative estimate of drug-likeness (QED) is 0.364. The molecule has 0 saturated heterocycles. The van der Waals surface area contributed by atoms with Crippen LogP contribution in [0.15, 0.2) is 0 Å². The van der Waals surface area contributed by atoms with Gasteiger partial charge in [-0.05, 0) is 59.9 Å². The molecule has 2 aliphatic rings. The molecule has 0 atom stereocenters. The normalized spacial score (nSPS) is 23.3. The molecule has 0 N–H and O–H groups in total. The van der Waals surface area contributed by atoms with Gasteiger partial charge in [0.2, 0.25) is 0 Å². The van der Waals surface area contributed by atoms with E-state index in [9.17, 15) is 17.3 Å². The van der Waals surface area contributed by atoms with Gasteiger partial charge in [0.15, 0.2) is 0 Å². The minimum atomic E-state index is -6.00. The zero-order chi connectivity index (χ0) is 13.4. The first-order valence-corrected chi connectivity index (χ1v) is 8.51. The predicted molar refractivity (Wildman–Crippen MR) is 73.6 cm³/mol. The summed E-state index contributed by atoms with van der Waals surface area (Å²) >= 11 is 0. The van der Waals surface area contributed by atoms with Gasteiger partial charge in [-0.2, -0.15) is 0 Å². The van der Waals surface area contributed by atoms with E-state index in [-0.39, 0.29) is 0 Å². The molecular formula is C12H24BF4P. The van der Waals surface area contributed by atoms with Gasteiger partial charge in [-0.25, -0.2) is 0 Å². The topological polar surface area (TPSA) is 0 Å². The van der Waals surface area contributed by atoms with Crippen molar-refractivity contribution in [3.8, 4) is 0 Å². The Morgan fingerprint density at radius 1 is 0.611 bits per heavy atom. The first-order chi connectivity index (χ1) is 8.45. The van der Waals surface area contributed by atoms with E-state index in [1.165, 1.54) is 24.2 Å². The average molecular weight is 286 g/mol. The average Bonchev–Trinajstić information content (AvgIpc) is 2.29. The molecular weight excluding hydrogens is 262 g/mol. The Morgan fingerprint density at radius 2 is 0.889 bits per heavy atom. The molecule has 0 radical (unpaired) electrons. The summed E-state index contributed by atoms with van der Waals surface area (Å²) in [5, 5.41) is 0. The lowest BCUT2D eigenvalue weighted by Gasteiger charge is -2.23. The minimum Gasteiger partial charge on any atom is -0.418 e. The molecule has 0 heterocycles. The van der Waals surface area contributed by atoms with Crippen LogP contribution in [0, 0.1) is 0 Å². The Balaban J connectivity index is 0.000000280. The van der Waals surface area contributed by atoms with E-state index in [2.05, 4.69) is 0 Å². The first-order valence-electron chi connectivity index (χ1n) is 7.17. The van der Waals surface area contributed by atoms with Crippen LogP contribution < -0.4 is 0 Å². The fourth-order valence-electron chi connectivity index (χ4n) is 3.04. The summed E-state index contributed by atoms with van der Waals surface area (Å²) in [5.41, 5.74) is 2.41. The summed E-state index contributed by atoms with van der Waals surface area (Å²) < 4.78 is 39.0. The zero-order valence-electron chi connectivity index (χ0n) is 10.9. The summed E-state index contributed by atoms with van der Waals surface area (Å²) in [6, 6.07) is 0. The van der Waals surface area contributed by atoms with E-state index >= 15 is 0 Å². The van der Waals surface area contributed by atoms with E-state index in [4.69, 9.17) is 0 Å². The van der Waals surface area contributed by atoms with Crippen molar-refractivity contribution in [1.82, 2.24) is 0 Å². The van der Waals surface area contributed by atoms with Crippen molar-refractivity contribution >= 4 is 15.8 Å². The van der Waals surface area contributed by atoms with Crippen molar-refractivity contribution in [3.63, 3.8) is 0 Å². The van der Waals surface area contributed by atoms with Crippen molar-refractivity contribution in [3.05, 3.63) is 0 Å². The third kappa shape index (κ3) is 9.19. The SMILES string of the molecule is C1CCC([PH2+]C2CCCCC2)CC1.F[B-](F)(F)F. The molecule has 6 heteroatoms. The first kappa shape index (κ1) is 16.3. The lowest BCUT2D eigenvalue weighted by molar-refractivity contribution is 0.368. The highest BCUT2D eigenvalue weighted by Crippen LogP contribution is 2.41. The van der Waals surface area contributed by atoms with E-state index in [0.717, 1.165) is 8.58 Å². The molecule has 18 heavy (non-hydrogen) atoms. The highest BCUT2D eigenvalue weighted by Gasteiger charge is 2.25. The summed E-state index contributed by atoms with van der Waals surface area (Å²) in [6.45, 7) is 0. The number of hydrogen-bond acceptors (Lipinski definition) is 0. The molecule has 2 aliphatic carbocycles. The molecule has 108 valence electrons. The lowest BCUT2D eigenvalue weighted by Crippen LogP contribution is -2.14. The molecule has 0 aliphatic heterocycles. The van der Waals surface area contributed by atoms with Crippen molar-refractivity contribution in [2.75, 3.05) is 0 Å². The van der Waals surface area contributed by atoms with Gasteiger partial charge in [0.1, 0.15) is 0 Å². The molecule has 0 amide bonds. The minimum absolute atomic E-state index is 0.825. The van der Waals surface area contributed by atoms with Gasteiger partial charge in [-0.1, -0.05) is 12.8 Å². The van der Waals surface area contributed by atoms with Crippen molar-refractivity contribution in [1.29, 1.82) is 0 Å². The second kappa shape index (κ2) is 8.40. The molecule has 0 aromatic rings. The maximum Gasteiger partial charge on any atom is 0.673 e. The number of halogens is 4. The predicted octanol–water partition coefficient (Wildman–Crippen LogP) is 5.36. The summed E-state index contributed by atoms with van der Waals surface area (Å²) in [7, 11) is -5.17. The van der Waals surface area contributed by atoms with Gasteiger partial charge < -0.3 is 17.3 Å². The van der Waals surface area contributed by atoms with Gasteiger partial charge >= 0.3 is 7.25 Å². The van der Waals surface area contributed by atoms with Crippen LogP contribution in [-0.4, -0.2) is 18.6 Å². The second-order valence-corrected chi connectivity index (χ2v) is 7.75. The molecule has 0 aromatic carbocycles. The van der Waals surface area contributed by atoms with E-state index in [1.54, 1.807) is 51.4 Å². The monoisotopic (exact) mass is 286 g/mol. The van der Waals surface area contributed by atoms with Crippen LogP contribution in [0.3, 0.4) is 0 Å². The van der Waals surface area contributed by atoms with Crippen molar-refractivity contribution < 1.29 is 17.3 Å². The Bertz CT molecular complexity index is 189. The van der Waals surface area contributed by atoms with Crippen molar-refractivity contribution in [2.24, 2.45) is 0 Å². The molecule has 0 spiro atoms. The van der Waals surface area contributed by atoms with Crippen molar-refractivity contribution in [2.45, 2.75) is 75.5 Å². The number of hydrogen-bond donors (Lipinski definition) is 0. The maximum atomic E-state index is 9.75. The van der Waals surface area contributed by atoms with Crippen LogP contribution in [0.4, 0.5) is 17.3 Å². The maximum absolute atomic E-state index is 9.75. The molecule has 2 rings (SSSR count). The molecule has 2 fully saturated rings. The van der Waals surface area contributed by atoms with Gasteiger partial charge in [-0.3, -0.25) is 0 Å². The van der Waals surface area contributed by atoms with Gasteiger partial charge in [0, 0.05) is 0 Å². The summed E-state index contributed by atoms with van der Waals surface area (Å²) in [5.74, 6) is 0. The van der Waals surface area contributed by atoms with Crippen LogP contribution in [-0.2, 0) is 0 Å². The highest BCUT2D eigenvalue weighted by atomic mass is 31.1. The Kier molecular flexibility index (Phi) is 7.59. The highest BCUT2D eigenvalue weighted by molar-refractivity contribution is 7.39. The largest absolute Gasteiger partial charge is 0.673 e. The van der Waals surface area contributed by atoms with Crippen LogP contribution in [0.1, 0.15) is 64.2 Å². The Hall–Kier alpha value is 0.215. The summed E-state index contributed by atoms with van der Waals surface area (Å²) in [4.78, 5) is 0. The van der Waals surface area contributed by atoms with E-state index in [0.29, 0.717) is 0 Å². The molecule has 0 aromatic heterocycles. The summed E-state index contributed by atoms with van der Waals surface area (Å²) in [6.07, 6.45) is 15.6. The molecule has 2 saturated carbocycles. The van der Waals surface area contributed by atoms with Crippen LogP contribution in [0.5, 0.6) is 0 Å². The molecule has 0 nitrogen and oxygen atoms in total. The van der Waals surface area contributed by atoms with Gasteiger partial charge in [0.25, 0.3) is 0 Å². The van der Waals surface area contributed by atoms with Crippen LogP contribution >= 0.6 is 8.58 Å². The molecule has 0 bridgehead atoms. The standard InChI is InChI=1S/C12H23P.BF4/c1-3-7-11(8-4-1)13-12-9-5-2-6-10-12;2-1(3,4)5/h11-13H,1-10H2;/q;-1/p+1. The van der Waals surface area contributed by atoms with Gasteiger partial charge in [0.05, 0.1) is 11.3 Å². The zero-order valence-corrected chi connectivity index (χ0v) is 12.0. The second-order valence-electron chi connectivity index (χ2n) is 5.48. The Morgan fingerprint density at radius 3 is 1.17 bits per heavy atom. The third-order valence-electron chi connectivity index (χ3n) is 3.84. The smallest absolute Gasteiger partial charge is 0.418 e. The fourth-order valence-corrected chi connectivity index (χ4v) is 5.52. The van der Waals surface area contributed by atoms with E-state index < -0.39 is 7.25 Å². The van der Waals surface area contributed by atoms with Crippen LogP contribution in [0.2, 0.25) is 0 Å². The van der Waals surface area contributed by atoms with E-state index in [1.807, 2.05) is 0 Å². The van der Waals surface area contributed by atoms with Crippen LogP contribution in [0.25, 0.3) is 0 Å². The Labute approximate surface area is 109 Å².